The normalized spacial score (nSPS) is 21.8. The third-order valence-corrected chi connectivity index (χ3v) is 2.64. The van der Waals surface area contributed by atoms with Crippen LogP contribution in [0.15, 0.2) is 24.4 Å². The SMILES string of the molecule is CCOc1ccnc(NC2C=CC(C(=O)O)C2)n1. The summed E-state index contributed by atoms with van der Waals surface area (Å²) in [6.45, 7) is 2.42. The number of nitrogens with one attached hydrogen (secondary N) is 1. The van der Waals surface area contributed by atoms with E-state index in [1.54, 1.807) is 18.3 Å². The molecule has 0 radical (unpaired) electrons. The molecule has 2 atom stereocenters. The maximum Gasteiger partial charge on any atom is 0.310 e. The molecule has 18 heavy (non-hydrogen) atoms. The van der Waals surface area contributed by atoms with Crippen LogP contribution in [0.2, 0.25) is 0 Å². The fraction of sp³-hybridized carbons (Fsp3) is 0.417. The summed E-state index contributed by atoms with van der Waals surface area (Å²) in [6, 6.07) is 1.63. The fourth-order valence-corrected chi connectivity index (χ4v) is 1.79. The zero-order chi connectivity index (χ0) is 13.0. The molecule has 2 rings (SSSR count). The molecular formula is C12H15N3O3. The second-order valence-electron chi connectivity index (χ2n) is 3.97. The molecule has 0 amide bonds. The van der Waals surface area contributed by atoms with Gasteiger partial charge in [-0.2, -0.15) is 4.98 Å². The van der Waals surface area contributed by atoms with Gasteiger partial charge in [0.1, 0.15) is 0 Å². The molecule has 0 saturated heterocycles. The molecule has 6 nitrogen and oxygen atoms in total. The third kappa shape index (κ3) is 2.97. The lowest BCUT2D eigenvalue weighted by atomic mass is 10.1. The van der Waals surface area contributed by atoms with Crippen LogP contribution in [0.5, 0.6) is 5.88 Å². The Morgan fingerprint density at radius 1 is 1.61 bits per heavy atom. The van der Waals surface area contributed by atoms with Gasteiger partial charge in [0.15, 0.2) is 0 Å². The second-order valence-corrected chi connectivity index (χ2v) is 3.97. The minimum atomic E-state index is -0.806. The standard InChI is InChI=1S/C12H15N3O3/c1-2-18-10-5-6-13-12(15-10)14-9-4-3-8(7-9)11(16)17/h3-6,8-9H,2,7H2,1H3,(H,16,17)(H,13,14,15). The predicted octanol–water partition coefficient (Wildman–Crippen LogP) is 1.32. The van der Waals surface area contributed by atoms with Crippen LogP contribution in [-0.4, -0.2) is 33.7 Å². The molecule has 0 spiro atoms. The van der Waals surface area contributed by atoms with Crippen LogP contribution < -0.4 is 10.1 Å². The number of nitrogens with zero attached hydrogens (tertiary/aromatic N) is 2. The molecule has 1 aliphatic rings. The van der Waals surface area contributed by atoms with Crippen LogP contribution in [0.25, 0.3) is 0 Å². The Morgan fingerprint density at radius 2 is 2.44 bits per heavy atom. The Labute approximate surface area is 105 Å². The van der Waals surface area contributed by atoms with Crippen molar-refractivity contribution in [2.24, 2.45) is 5.92 Å². The summed E-state index contributed by atoms with van der Waals surface area (Å²) in [4.78, 5) is 19.1. The molecule has 1 aromatic heterocycles. The third-order valence-electron chi connectivity index (χ3n) is 2.64. The molecule has 1 aliphatic carbocycles. The molecular weight excluding hydrogens is 234 g/mol. The molecule has 2 N–H and O–H groups in total. The Hall–Kier alpha value is -2.11. The largest absolute Gasteiger partial charge is 0.481 e. The molecule has 0 saturated carbocycles. The number of rotatable bonds is 5. The van der Waals surface area contributed by atoms with Crippen LogP contribution in [0, 0.1) is 5.92 Å². The lowest BCUT2D eigenvalue weighted by Gasteiger charge is -2.12. The van der Waals surface area contributed by atoms with Gasteiger partial charge in [-0.15, -0.1) is 0 Å². The average molecular weight is 249 g/mol. The van der Waals surface area contributed by atoms with Gasteiger partial charge in [-0.25, -0.2) is 4.98 Å². The van der Waals surface area contributed by atoms with E-state index in [1.165, 1.54) is 0 Å². The molecule has 0 fully saturated rings. The van der Waals surface area contributed by atoms with Crippen LogP contribution in [-0.2, 0) is 4.79 Å². The Balaban J connectivity index is 1.96. The molecule has 0 bridgehead atoms. The van der Waals surface area contributed by atoms with E-state index in [4.69, 9.17) is 9.84 Å². The van der Waals surface area contributed by atoms with Crippen molar-refractivity contribution in [2.45, 2.75) is 19.4 Å². The van der Waals surface area contributed by atoms with E-state index in [0.717, 1.165) is 0 Å². The van der Waals surface area contributed by atoms with Crippen molar-refractivity contribution in [3.63, 3.8) is 0 Å². The van der Waals surface area contributed by atoms with Gasteiger partial charge in [-0.1, -0.05) is 12.2 Å². The molecule has 96 valence electrons. The number of carboxylic acids is 1. The second kappa shape index (κ2) is 5.48. The maximum atomic E-state index is 10.8. The minimum absolute atomic E-state index is 0.0528. The zero-order valence-electron chi connectivity index (χ0n) is 10.0. The van der Waals surface area contributed by atoms with E-state index in [2.05, 4.69) is 15.3 Å². The number of hydrogen-bond acceptors (Lipinski definition) is 5. The van der Waals surface area contributed by atoms with Crippen LogP contribution >= 0.6 is 0 Å². The topological polar surface area (TPSA) is 84.3 Å². The number of ether oxygens (including phenoxy) is 1. The van der Waals surface area contributed by atoms with Gasteiger partial charge in [0.2, 0.25) is 11.8 Å². The Kier molecular flexibility index (Phi) is 3.76. The van der Waals surface area contributed by atoms with Gasteiger partial charge in [-0.05, 0) is 13.3 Å². The molecule has 2 unspecified atom stereocenters. The Bertz CT molecular complexity index is 462. The first-order valence-electron chi connectivity index (χ1n) is 5.82. The highest BCUT2D eigenvalue weighted by atomic mass is 16.5. The minimum Gasteiger partial charge on any atom is -0.481 e. The summed E-state index contributed by atoms with van der Waals surface area (Å²) < 4.78 is 5.27. The first-order valence-corrected chi connectivity index (χ1v) is 5.82. The van der Waals surface area contributed by atoms with E-state index >= 15 is 0 Å². The van der Waals surface area contributed by atoms with Crippen molar-refractivity contribution < 1.29 is 14.6 Å². The Morgan fingerprint density at radius 3 is 3.11 bits per heavy atom. The van der Waals surface area contributed by atoms with E-state index in [9.17, 15) is 4.79 Å². The lowest BCUT2D eigenvalue weighted by molar-refractivity contribution is -0.140. The van der Waals surface area contributed by atoms with Crippen LogP contribution in [0.1, 0.15) is 13.3 Å². The number of anilines is 1. The van der Waals surface area contributed by atoms with E-state index in [-0.39, 0.29) is 6.04 Å². The van der Waals surface area contributed by atoms with Gasteiger partial charge in [0, 0.05) is 18.3 Å². The highest BCUT2D eigenvalue weighted by molar-refractivity contribution is 5.73. The highest BCUT2D eigenvalue weighted by Gasteiger charge is 2.24. The summed E-state index contributed by atoms with van der Waals surface area (Å²) in [5.74, 6) is -0.287. The van der Waals surface area contributed by atoms with Crippen molar-refractivity contribution in [1.29, 1.82) is 0 Å². The van der Waals surface area contributed by atoms with Gasteiger partial charge in [0.05, 0.1) is 12.5 Å². The smallest absolute Gasteiger partial charge is 0.310 e. The summed E-state index contributed by atoms with van der Waals surface area (Å²) in [5, 5.41) is 12.0. The number of carboxylic acid groups (broad SMARTS) is 1. The van der Waals surface area contributed by atoms with Gasteiger partial charge in [0.25, 0.3) is 0 Å². The quantitative estimate of drug-likeness (QED) is 0.765. The predicted molar refractivity (Wildman–Crippen MR) is 65.5 cm³/mol. The monoisotopic (exact) mass is 249 g/mol. The van der Waals surface area contributed by atoms with Gasteiger partial charge >= 0.3 is 5.97 Å². The summed E-state index contributed by atoms with van der Waals surface area (Å²) >= 11 is 0. The molecule has 1 heterocycles. The fourth-order valence-electron chi connectivity index (χ4n) is 1.79. The maximum absolute atomic E-state index is 10.8. The van der Waals surface area contributed by atoms with Crippen molar-refractivity contribution in [2.75, 3.05) is 11.9 Å². The highest BCUT2D eigenvalue weighted by Crippen LogP contribution is 2.21. The first kappa shape index (κ1) is 12.3. The van der Waals surface area contributed by atoms with E-state index < -0.39 is 11.9 Å². The lowest BCUT2D eigenvalue weighted by Crippen LogP contribution is -2.20. The van der Waals surface area contributed by atoms with E-state index in [0.29, 0.717) is 24.9 Å². The van der Waals surface area contributed by atoms with Crippen LogP contribution in [0.4, 0.5) is 5.95 Å². The molecule has 1 aromatic rings. The average Bonchev–Trinajstić information content (AvgIpc) is 2.78. The molecule has 0 aliphatic heterocycles. The number of hydrogen-bond donors (Lipinski definition) is 2. The summed E-state index contributed by atoms with van der Waals surface area (Å²) in [5.41, 5.74) is 0. The van der Waals surface area contributed by atoms with Crippen LogP contribution in [0.3, 0.4) is 0 Å². The number of carbonyl (C=O) groups is 1. The first-order chi connectivity index (χ1) is 8.69. The van der Waals surface area contributed by atoms with Crippen molar-refractivity contribution >= 4 is 11.9 Å². The van der Waals surface area contributed by atoms with Crippen molar-refractivity contribution in [1.82, 2.24) is 9.97 Å². The van der Waals surface area contributed by atoms with E-state index in [1.807, 2.05) is 13.0 Å². The summed E-state index contributed by atoms with van der Waals surface area (Å²) in [6.07, 6.45) is 5.63. The number of aliphatic carboxylic acids is 1. The molecule has 6 heteroatoms. The van der Waals surface area contributed by atoms with Gasteiger partial charge < -0.3 is 15.2 Å². The van der Waals surface area contributed by atoms with Gasteiger partial charge in [-0.3, -0.25) is 4.79 Å². The van der Waals surface area contributed by atoms with Crippen molar-refractivity contribution in [3.8, 4) is 5.88 Å². The summed E-state index contributed by atoms with van der Waals surface area (Å²) in [7, 11) is 0. The zero-order valence-corrected chi connectivity index (χ0v) is 10.0. The van der Waals surface area contributed by atoms with Crippen molar-refractivity contribution in [3.05, 3.63) is 24.4 Å². The molecule has 0 aromatic carbocycles. The number of aromatic nitrogens is 2.